The Hall–Kier alpha value is -3.41. The van der Waals surface area contributed by atoms with Crippen LogP contribution in [-0.2, 0) is 9.59 Å². The number of allylic oxidation sites excluding steroid dienone is 2. The summed E-state index contributed by atoms with van der Waals surface area (Å²) in [6.45, 7) is 0. The van der Waals surface area contributed by atoms with Gasteiger partial charge in [0.25, 0.3) is 5.91 Å². The predicted molar refractivity (Wildman–Crippen MR) is 108 cm³/mol. The first-order valence-electron chi connectivity index (χ1n) is 9.68. The van der Waals surface area contributed by atoms with Gasteiger partial charge < -0.3 is 10.1 Å². The second kappa shape index (κ2) is 6.58. The van der Waals surface area contributed by atoms with E-state index in [1.165, 1.54) is 4.90 Å². The molecule has 6 nitrogen and oxygen atoms in total. The largest absolute Gasteiger partial charge is 0.497 e. The van der Waals surface area contributed by atoms with Crippen LogP contribution in [-0.4, -0.2) is 24.8 Å². The number of nitrogens with one attached hydrogen (secondary N) is 1. The molecule has 29 heavy (non-hydrogen) atoms. The fourth-order valence-corrected chi connectivity index (χ4v) is 4.82. The lowest BCUT2D eigenvalue weighted by molar-refractivity contribution is -0.123. The summed E-state index contributed by atoms with van der Waals surface area (Å²) < 4.78 is 5.16. The van der Waals surface area contributed by atoms with Crippen LogP contribution in [0.15, 0.2) is 60.7 Å². The van der Waals surface area contributed by atoms with Gasteiger partial charge >= 0.3 is 0 Å². The highest BCUT2D eigenvalue weighted by molar-refractivity contribution is 6.23. The van der Waals surface area contributed by atoms with Crippen LogP contribution in [0.4, 0.5) is 11.4 Å². The smallest absolute Gasteiger partial charge is 0.255 e. The van der Waals surface area contributed by atoms with E-state index in [2.05, 4.69) is 17.5 Å². The van der Waals surface area contributed by atoms with Gasteiger partial charge in [0.15, 0.2) is 0 Å². The van der Waals surface area contributed by atoms with Crippen molar-refractivity contribution in [2.45, 2.75) is 6.42 Å². The summed E-state index contributed by atoms with van der Waals surface area (Å²) in [4.78, 5) is 39.6. The topological polar surface area (TPSA) is 75.7 Å². The van der Waals surface area contributed by atoms with Crippen molar-refractivity contribution in [1.82, 2.24) is 0 Å². The van der Waals surface area contributed by atoms with E-state index in [9.17, 15) is 14.4 Å². The maximum Gasteiger partial charge on any atom is 0.255 e. The molecule has 2 aromatic carbocycles. The standard InChI is InChI=1S/C23H20N2O4/c1-29-18-4-2-3-16(12-18)24-21(26)13-7-9-17(10-8-13)25-22(27)19-14-5-6-15(11-14)20(19)23(25)28/h2-10,12,14-15,19-20H,11H2,1H3,(H,24,26)/t14-,15+,19+,20-. The molecular weight excluding hydrogens is 368 g/mol. The van der Waals surface area contributed by atoms with E-state index in [-0.39, 0.29) is 41.4 Å². The zero-order chi connectivity index (χ0) is 20.1. The molecule has 1 saturated carbocycles. The molecule has 0 spiro atoms. The number of anilines is 2. The Morgan fingerprint density at radius 2 is 1.66 bits per heavy atom. The molecule has 6 heteroatoms. The molecule has 1 N–H and O–H groups in total. The summed E-state index contributed by atoms with van der Waals surface area (Å²) in [5, 5.41) is 2.82. The molecule has 0 radical (unpaired) electrons. The first-order valence-corrected chi connectivity index (χ1v) is 9.68. The van der Waals surface area contributed by atoms with Crippen LogP contribution in [0.1, 0.15) is 16.8 Å². The fourth-order valence-electron chi connectivity index (χ4n) is 4.82. The van der Waals surface area contributed by atoms with Gasteiger partial charge in [-0.3, -0.25) is 19.3 Å². The molecule has 1 heterocycles. The molecule has 0 aromatic heterocycles. The molecular formula is C23H20N2O4. The first kappa shape index (κ1) is 17.7. The molecule has 2 fully saturated rings. The van der Waals surface area contributed by atoms with Gasteiger partial charge in [-0.25, -0.2) is 0 Å². The lowest BCUT2D eigenvalue weighted by Crippen LogP contribution is -2.32. The minimum Gasteiger partial charge on any atom is -0.497 e. The lowest BCUT2D eigenvalue weighted by Gasteiger charge is -2.17. The summed E-state index contributed by atoms with van der Waals surface area (Å²) >= 11 is 0. The average Bonchev–Trinajstić information content (AvgIpc) is 3.42. The van der Waals surface area contributed by atoms with Crippen molar-refractivity contribution in [3.05, 3.63) is 66.2 Å². The van der Waals surface area contributed by atoms with Crippen molar-refractivity contribution in [2.24, 2.45) is 23.7 Å². The van der Waals surface area contributed by atoms with Crippen LogP contribution in [0.25, 0.3) is 0 Å². The fraction of sp³-hybridized carbons (Fsp3) is 0.261. The monoisotopic (exact) mass is 388 g/mol. The third-order valence-corrected chi connectivity index (χ3v) is 6.19. The Morgan fingerprint density at radius 1 is 1.00 bits per heavy atom. The molecule has 3 aliphatic rings. The molecule has 1 aliphatic heterocycles. The van der Waals surface area contributed by atoms with Gasteiger partial charge in [0.1, 0.15) is 5.75 Å². The van der Waals surface area contributed by atoms with Gasteiger partial charge in [0.2, 0.25) is 11.8 Å². The van der Waals surface area contributed by atoms with Crippen LogP contribution < -0.4 is 15.0 Å². The van der Waals surface area contributed by atoms with E-state index < -0.39 is 0 Å². The van der Waals surface area contributed by atoms with Crippen molar-refractivity contribution in [3.8, 4) is 5.75 Å². The SMILES string of the molecule is COc1cccc(NC(=O)c2ccc(N3C(=O)[C@@H]4[C@H](C3=O)[C@H]3C=C[C@@H]4C3)cc2)c1. The number of methoxy groups -OCH3 is 1. The molecule has 2 aliphatic carbocycles. The minimum atomic E-state index is -0.275. The third kappa shape index (κ3) is 2.75. The summed E-state index contributed by atoms with van der Waals surface area (Å²) in [7, 11) is 1.57. The Morgan fingerprint density at radius 3 is 2.28 bits per heavy atom. The molecule has 146 valence electrons. The van der Waals surface area contributed by atoms with E-state index in [4.69, 9.17) is 4.74 Å². The number of imide groups is 1. The van der Waals surface area contributed by atoms with Crippen LogP contribution in [0, 0.1) is 23.7 Å². The number of carbonyl (C=O) groups is 3. The van der Waals surface area contributed by atoms with Crippen molar-refractivity contribution in [2.75, 3.05) is 17.3 Å². The summed E-state index contributed by atoms with van der Waals surface area (Å²) in [6.07, 6.45) is 5.06. The van der Waals surface area contributed by atoms with Crippen LogP contribution in [0.2, 0.25) is 0 Å². The summed E-state index contributed by atoms with van der Waals surface area (Å²) in [5.41, 5.74) is 1.59. The number of carbonyl (C=O) groups excluding carboxylic acids is 3. The minimum absolute atomic E-state index is 0.120. The molecule has 0 unspecified atom stereocenters. The van der Waals surface area contributed by atoms with E-state index >= 15 is 0 Å². The zero-order valence-corrected chi connectivity index (χ0v) is 15.9. The molecule has 1 saturated heterocycles. The maximum atomic E-state index is 12.9. The highest BCUT2D eigenvalue weighted by atomic mass is 16.5. The Labute approximate surface area is 168 Å². The van der Waals surface area contributed by atoms with Gasteiger partial charge in [-0.1, -0.05) is 18.2 Å². The number of ether oxygens (including phenoxy) is 1. The van der Waals surface area contributed by atoms with Crippen molar-refractivity contribution < 1.29 is 19.1 Å². The number of nitrogens with zero attached hydrogens (tertiary/aromatic N) is 1. The molecule has 5 rings (SSSR count). The first-order chi connectivity index (χ1) is 14.1. The van der Waals surface area contributed by atoms with Crippen molar-refractivity contribution in [3.63, 3.8) is 0 Å². The van der Waals surface area contributed by atoms with Gasteiger partial charge in [-0.15, -0.1) is 0 Å². The number of amides is 3. The third-order valence-electron chi connectivity index (χ3n) is 6.19. The van der Waals surface area contributed by atoms with E-state index in [1.807, 2.05) is 0 Å². The van der Waals surface area contributed by atoms with Crippen molar-refractivity contribution in [1.29, 1.82) is 0 Å². The molecule has 3 amide bonds. The number of benzene rings is 2. The highest BCUT2D eigenvalue weighted by Gasteiger charge is 2.59. The molecule has 2 aromatic rings. The van der Waals surface area contributed by atoms with E-state index in [1.54, 1.807) is 55.6 Å². The quantitative estimate of drug-likeness (QED) is 0.644. The van der Waals surface area contributed by atoms with Crippen LogP contribution in [0.5, 0.6) is 5.75 Å². The number of hydrogen-bond acceptors (Lipinski definition) is 4. The van der Waals surface area contributed by atoms with Gasteiger partial charge in [0, 0.05) is 17.3 Å². The summed E-state index contributed by atoms with van der Waals surface area (Å²) in [6, 6.07) is 13.7. The van der Waals surface area contributed by atoms with E-state index in [0.717, 1.165) is 6.42 Å². The predicted octanol–water partition coefficient (Wildman–Crippen LogP) is 3.26. The van der Waals surface area contributed by atoms with Gasteiger partial charge in [-0.2, -0.15) is 0 Å². The second-order valence-electron chi connectivity index (χ2n) is 7.74. The second-order valence-corrected chi connectivity index (χ2v) is 7.74. The van der Waals surface area contributed by atoms with Crippen LogP contribution in [0.3, 0.4) is 0 Å². The maximum absolute atomic E-state index is 12.9. The number of hydrogen-bond donors (Lipinski definition) is 1. The molecule has 4 atom stereocenters. The van der Waals surface area contributed by atoms with E-state index in [0.29, 0.717) is 22.7 Å². The Balaban J connectivity index is 1.33. The average molecular weight is 388 g/mol. The number of fused-ring (bicyclic) bond motifs is 5. The summed E-state index contributed by atoms with van der Waals surface area (Å²) in [5.74, 6) is 0.0397. The Bertz CT molecular complexity index is 1010. The Kier molecular flexibility index (Phi) is 4.01. The lowest BCUT2D eigenvalue weighted by atomic mass is 9.85. The van der Waals surface area contributed by atoms with Gasteiger partial charge in [-0.05, 0) is 54.7 Å². The zero-order valence-electron chi connectivity index (χ0n) is 15.9. The highest BCUT2D eigenvalue weighted by Crippen LogP contribution is 2.53. The molecule has 2 bridgehead atoms. The van der Waals surface area contributed by atoms with Crippen molar-refractivity contribution >= 4 is 29.1 Å². The normalized spacial score (nSPS) is 26.7. The van der Waals surface area contributed by atoms with Gasteiger partial charge in [0.05, 0.1) is 24.6 Å². The van der Waals surface area contributed by atoms with Crippen LogP contribution >= 0.6 is 0 Å². The number of rotatable bonds is 4.